The number of nitrogens with one attached hydrogen (secondary N) is 2. The molecule has 0 atom stereocenters. The standard InChI is InChI=1S/C17H25N3O4/c1-3-20(11-4-5-16(22)23)12-10-18-17(24)14-6-8-15(9-7-14)19-13(2)21/h6-9H,3-5,10-12H2,1-2H3,(H,18,24)(H,19,21)(H,22,23). The Morgan fingerprint density at radius 1 is 1.12 bits per heavy atom. The molecule has 7 heteroatoms. The smallest absolute Gasteiger partial charge is 0.303 e. The number of nitrogens with zero attached hydrogens (tertiary/aromatic N) is 1. The van der Waals surface area contributed by atoms with Crippen LogP contribution < -0.4 is 10.6 Å². The highest BCUT2D eigenvalue weighted by Gasteiger charge is 2.08. The molecule has 0 saturated heterocycles. The van der Waals surface area contributed by atoms with E-state index in [9.17, 15) is 14.4 Å². The number of amides is 2. The van der Waals surface area contributed by atoms with E-state index in [-0.39, 0.29) is 18.2 Å². The molecule has 0 spiro atoms. The van der Waals surface area contributed by atoms with Crippen molar-refractivity contribution in [3.63, 3.8) is 0 Å². The molecule has 0 aliphatic carbocycles. The summed E-state index contributed by atoms with van der Waals surface area (Å²) in [4.78, 5) is 35.6. The largest absolute Gasteiger partial charge is 0.481 e. The summed E-state index contributed by atoms with van der Waals surface area (Å²) < 4.78 is 0. The van der Waals surface area contributed by atoms with Crippen LogP contribution in [0.1, 0.15) is 37.0 Å². The first-order valence-electron chi connectivity index (χ1n) is 8.02. The van der Waals surface area contributed by atoms with Crippen molar-refractivity contribution >= 4 is 23.5 Å². The third-order valence-electron chi connectivity index (χ3n) is 3.49. The van der Waals surface area contributed by atoms with Crippen molar-refractivity contribution in [1.82, 2.24) is 10.2 Å². The van der Waals surface area contributed by atoms with Crippen molar-refractivity contribution in [3.8, 4) is 0 Å². The zero-order chi connectivity index (χ0) is 17.9. The number of carboxylic acids is 1. The van der Waals surface area contributed by atoms with Crippen LogP contribution in [-0.4, -0.2) is 54.0 Å². The lowest BCUT2D eigenvalue weighted by Crippen LogP contribution is -2.35. The van der Waals surface area contributed by atoms with Gasteiger partial charge in [0.05, 0.1) is 0 Å². The Morgan fingerprint density at radius 2 is 1.79 bits per heavy atom. The van der Waals surface area contributed by atoms with Crippen molar-refractivity contribution in [2.24, 2.45) is 0 Å². The van der Waals surface area contributed by atoms with Crippen molar-refractivity contribution in [1.29, 1.82) is 0 Å². The second-order valence-corrected chi connectivity index (χ2v) is 5.45. The van der Waals surface area contributed by atoms with Gasteiger partial charge in [-0.25, -0.2) is 0 Å². The molecule has 0 aromatic heterocycles. The lowest BCUT2D eigenvalue weighted by atomic mass is 10.2. The highest BCUT2D eigenvalue weighted by molar-refractivity contribution is 5.95. The number of anilines is 1. The molecule has 1 aromatic carbocycles. The highest BCUT2D eigenvalue weighted by atomic mass is 16.4. The Kier molecular flexibility index (Phi) is 8.49. The van der Waals surface area contributed by atoms with Gasteiger partial charge in [-0.05, 0) is 43.8 Å². The van der Waals surface area contributed by atoms with E-state index in [0.29, 0.717) is 37.3 Å². The summed E-state index contributed by atoms with van der Waals surface area (Å²) in [6, 6.07) is 6.68. The van der Waals surface area contributed by atoms with E-state index < -0.39 is 5.97 Å². The van der Waals surface area contributed by atoms with E-state index in [1.54, 1.807) is 24.3 Å². The van der Waals surface area contributed by atoms with Gasteiger partial charge in [-0.15, -0.1) is 0 Å². The number of rotatable bonds is 10. The number of hydrogen-bond donors (Lipinski definition) is 3. The van der Waals surface area contributed by atoms with Crippen LogP contribution in [-0.2, 0) is 9.59 Å². The van der Waals surface area contributed by atoms with E-state index in [1.807, 2.05) is 6.92 Å². The molecule has 1 rings (SSSR count). The summed E-state index contributed by atoms with van der Waals surface area (Å²) >= 11 is 0. The van der Waals surface area contributed by atoms with E-state index in [0.717, 1.165) is 6.54 Å². The third-order valence-corrected chi connectivity index (χ3v) is 3.49. The quantitative estimate of drug-likeness (QED) is 0.603. The number of hydrogen-bond acceptors (Lipinski definition) is 4. The fourth-order valence-electron chi connectivity index (χ4n) is 2.22. The number of carbonyl (C=O) groups excluding carboxylic acids is 2. The van der Waals surface area contributed by atoms with E-state index in [2.05, 4.69) is 15.5 Å². The van der Waals surface area contributed by atoms with E-state index >= 15 is 0 Å². The predicted molar refractivity (Wildman–Crippen MR) is 92.1 cm³/mol. The number of aliphatic carboxylic acids is 1. The molecule has 0 saturated carbocycles. The molecular weight excluding hydrogens is 310 g/mol. The van der Waals surface area contributed by atoms with Crippen LogP contribution in [0, 0.1) is 0 Å². The molecule has 1 aromatic rings. The predicted octanol–water partition coefficient (Wildman–Crippen LogP) is 1.56. The summed E-state index contributed by atoms with van der Waals surface area (Å²) in [6.45, 7) is 6.10. The first-order valence-corrected chi connectivity index (χ1v) is 8.02. The Bertz CT molecular complexity index is 557. The zero-order valence-corrected chi connectivity index (χ0v) is 14.2. The minimum Gasteiger partial charge on any atom is -0.481 e. The number of carboxylic acid groups (broad SMARTS) is 1. The lowest BCUT2D eigenvalue weighted by molar-refractivity contribution is -0.137. The fourth-order valence-corrected chi connectivity index (χ4v) is 2.22. The molecule has 0 bridgehead atoms. The van der Waals surface area contributed by atoms with Crippen LogP contribution in [0.2, 0.25) is 0 Å². The van der Waals surface area contributed by atoms with Gasteiger partial charge >= 0.3 is 5.97 Å². The van der Waals surface area contributed by atoms with Gasteiger partial charge in [0.2, 0.25) is 5.91 Å². The number of likely N-dealkylation sites (N-methyl/N-ethyl adjacent to an activating group) is 1. The second-order valence-electron chi connectivity index (χ2n) is 5.45. The van der Waals surface area contributed by atoms with E-state index in [4.69, 9.17) is 5.11 Å². The summed E-state index contributed by atoms with van der Waals surface area (Å²) in [6.07, 6.45) is 0.755. The molecule has 0 heterocycles. The zero-order valence-electron chi connectivity index (χ0n) is 14.2. The Labute approximate surface area is 142 Å². The first kappa shape index (κ1) is 19.6. The molecule has 7 nitrogen and oxygen atoms in total. The first-order chi connectivity index (χ1) is 11.4. The van der Waals surface area contributed by atoms with Crippen LogP contribution in [0.4, 0.5) is 5.69 Å². The van der Waals surface area contributed by atoms with E-state index in [1.165, 1.54) is 6.92 Å². The summed E-state index contributed by atoms with van der Waals surface area (Å²) in [5.74, 6) is -1.12. The van der Waals surface area contributed by atoms with Gasteiger partial charge in [-0.2, -0.15) is 0 Å². The Balaban J connectivity index is 2.36. The minimum atomic E-state index is -0.790. The second kappa shape index (κ2) is 10.4. The Morgan fingerprint density at radius 3 is 2.33 bits per heavy atom. The van der Waals surface area contributed by atoms with Gasteiger partial charge in [0, 0.05) is 37.7 Å². The van der Waals surface area contributed by atoms with Crippen molar-refractivity contribution in [2.75, 3.05) is 31.5 Å². The maximum Gasteiger partial charge on any atom is 0.303 e. The van der Waals surface area contributed by atoms with Gasteiger partial charge in [-0.1, -0.05) is 6.92 Å². The van der Waals surface area contributed by atoms with Crippen LogP contribution in [0.15, 0.2) is 24.3 Å². The number of benzene rings is 1. The van der Waals surface area contributed by atoms with Crippen LogP contribution in [0.5, 0.6) is 0 Å². The van der Waals surface area contributed by atoms with Gasteiger partial charge in [-0.3, -0.25) is 14.4 Å². The minimum absolute atomic E-state index is 0.156. The topological polar surface area (TPSA) is 98.7 Å². The van der Waals surface area contributed by atoms with Crippen LogP contribution in [0.25, 0.3) is 0 Å². The van der Waals surface area contributed by atoms with Crippen molar-refractivity contribution < 1.29 is 19.5 Å². The lowest BCUT2D eigenvalue weighted by Gasteiger charge is -2.20. The van der Waals surface area contributed by atoms with Crippen molar-refractivity contribution in [3.05, 3.63) is 29.8 Å². The molecule has 132 valence electrons. The SMILES string of the molecule is CCN(CCCC(=O)O)CCNC(=O)c1ccc(NC(C)=O)cc1. The average molecular weight is 335 g/mol. The van der Waals surface area contributed by atoms with Gasteiger partial charge in [0.15, 0.2) is 0 Å². The summed E-state index contributed by atoms with van der Waals surface area (Å²) in [7, 11) is 0. The average Bonchev–Trinajstić information content (AvgIpc) is 2.53. The molecule has 0 unspecified atom stereocenters. The van der Waals surface area contributed by atoms with Crippen molar-refractivity contribution in [2.45, 2.75) is 26.7 Å². The molecular formula is C17H25N3O4. The molecule has 2 amide bonds. The molecule has 0 fully saturated rings. The van der Waals surface area contributed by atoms with Crippen LogP contribution in [0.3, 0.4) is 0 Å². The van der Waals surface area contributed by atoms with Gasteiger partial charge in [0.1, 0.15) is 0 Å². The maximum absolute atomic E-state index is 12.1. The Hall–Kier alpha value is -2.41. The molecule has 0 radical (unpaired) electrons. The monoisotopic (exact) mass is 335 g/mol. The molecule has 24 heavy (non-hydrogen) atoms. The third kappa shape index (κ3) is 7.73. The summed E-state index contributed by atoms with van der Waals surface area (Å²) in [5.41, 5.74) is 1.17. The molecule has 0 aliphatic rings. The summed E-state index contributed by atoms with van der Waals surface area (Å²) in [5, 5.41) is 14.1. The highest BCUT2D eigenvalue weighted by Crippen LogP contribution is 2.09. The number of carbonyl (C=O) groups is 3. The molecule has 0 aliphatic heterocycles. The maximum atomic E-state index is 12.1. The van der Waals surface area contributed by atoms with Gasteiger partial charge in [0.25, 0.3) is 5.91 Å². The van der Waals surface area contributed by atoms with Gasteiger partial charge < -0.3 is 20.6 Å². The normalized spacial score (nSPS) is 10.5. The van der Waals surface area contributed by atoms with Crippen LogP contribution >= 0.6 is 0 Å². The fraction of sp³-hybridized carbons (Fsp3) is 0.471. The molecule has 3 N–H and O–H groups in total.